The summed E-state index contributed by atoms with van der Waals surface area (Å²) in [4.78, 5) is 50.5. The van der Waals surface area contributed by atoms with Gasteiger partial charge in [0.05, 0.1) is 17.0 Å². The van der Waals surface area contributed by atoms with E-state index in [9.17, 15) is 19.2 Å². The molecule has 1 aromatic carbocycles. The number of carbonyl (C=O) groups excluding carboxylic acids is 3. The highest BCUT2D eigenvalue weighted by Gasteiger charge is 2.34. The van der Waals surface area contributed by atoms with Crippen LogP contribution in [-0.4, -0.2) is 64.9 Å². The number of amides is 4. The third-order valence-corrected chi connectivity index (χ3v) is 5.02. The number of benzene rings is 1. The average Bonchev–Trinajstić information content (AvgIpc) is 2.92. The minimum absolute atomic E-state index is 0.232. The summed E-state index contributed by atoms with van der Waals surface area (Å²) in [6.07, 6.45) is 2.49. The smallest absolute Gasteiger partial charge is 0.317 e. The van der Waals surface area contributed by atoms with Gasteiger partial charge in [0.15, 0.2) is 0 Å². The van der Waals surface area contributed by atoms with Crippen molar-refractivity contribution in [3.63, 3.8) is 0 Å². The Bertz CT molecular complexity index is 728. The van der Waals surface area contributed by atoms with E-state index in [1.807, 2.05) is 0 Å². The number of urea groups is 1. The van der Waals surface area contributed by atoms with E-state index < -0.39 is 11.9 Å². The molecule has 0 saturated carbocycles. The van der Waals surface area contributed by atoms with Crippen molar-refractivity contribution >= 4 is 23.8 Å². The van der Waals surface area contributed by atoms with Crippen LogP contribution in [0.25, 0.3) is 0 Å². The van der Waals surface area contributed by atoms with Gasteiger partial charge in [0.1, 0.15) is 0 Å². The van der Waals surface area contributed by atoms with Crippen molar-refractivity contribution in [3.8, 4) is 0 Å². The number of nitrogens with one attached hydrogen (secondary N) is 1. The Labute approximate surface area is 157 Å². The van der Waals surface area contributed by atoms with Crippen molar-refractivity contribution in [1.29, 1.82) is 0 Å². The summed E-state index contributed by atoms with van der Waals surface area (Å²) in [6, 6.07) is 6.51. The fourth-order valence-corrected chi connectivity index (χ4v) is 3.51. The molecule has 0 aliphatic carbocycles. The lowest BCUT2D eigenvalue weighted by Gasteiger charge is -2.30. The van der Waals surface area contributed by atoms with Crippen LogP contribution >= 0.6 is 0 Å². The zero-order valence-electron chi connectivity index (χ0n) is 15.0. The molecule has 0 radical (unpaired) electrons. The second-order valence-corrected chi connectivity index (χ2v) is 6.87. The largest absolute Gasteiger partial charge is 0.481 e. The third-order valence-electron chi connectivity index (χ3n) is 5.02. The van der Waals surface area contributed by atoms with Gasteiger partial charge < -0.3 is 15.3 Å². The molecule has 1 aromatic rings. The first-order chi connectivity index (χ1) is 13.0. The molecule has 2 N–H and O–H groups in total. The Morgan fingerprint density at radius 3 is 2.41 bits per heavy atom. The maximum absolute atomic E-state index is 12.3. The molecule has 144 valence electrons. The fraction of sp³-hybridized carbons (Fsp3) is 0.474. The van der Waals surface area contributed by atoms with E-state index in [-0.39, 0.29) is 24.4 Å². The van der Waals surface area contributed by atoms with Crippen molar-refractivity contribution in [2.75, 3.05) is 26.2 Å². The van der Waals surface area contributed by atoms with Crippen LogP contribution in [0.4, 0.5) is 4.79 Å². The maximum atomic E-state index is 12.3. The van der Waals surface area contributed by atoms with E-state index in [2.05, 4.69) is 5.32 Å². The standard InChI is InChI=1S/C19H23N3O5/c23-16-14-7-1-2-8-15(14)17(24)22(16)11-4-3-9-20-19(27)21-10-5-6-13(12-21)18(25)26/h1-2,7-8,13H,3-6,9-12H2,(H,20,27)(H,25,26). The summed E-state index contributed by atoms with van der Waals surface area (Å²) in [5.74, 6) is -1.91. The molecule has 8 heteroatoms. The maximum Gasteiger partial charge on any atom is 0.317 e. The minimum Gasteiger partial charge on any atom is -0.481 e. The van der Waals surface area contributed by atoms with Crippen LogP contribution < -0.4 is 5.32 Å². The number of carbonyl (C=O) groups is 4. The molecule has 2 aliphatic rings. The highest BCUT2D eigenvalue weighted by atomic mass is 16.4. The molecule has 1 fully saturated rings. The second kappa shape index (κ2) is 8.20. The highest BCUT2D eigenvalue weighted by Crippen LogP contribution is 2.22. The second-order valence-electron chi connectivity index (χ2n) is 6.87. The first-order valence-corrected chi connectivity index (χ1v) is 9.20. The number of carboxylic acids is 1. The monoisotopic (exact) mass is 373 g/mol. The van der Waals surface area contributed by atoms with Crippen molar-refractivity contribution in [3.05, 3.63) is 35.4 Å². The quantitative estimate of drug-likeness (QED) is 0.581. The molecular formula is C19H23N3O5. The lowest BCUT2D eigenvalue weighted by molar-refractivity contribution is -0.143. The number of imide groups is 1. The number of fused-ring (bicyclic) bond motifs is 1. The summed E-state index contributed by atoms with van der Waals surface area (Å²) >= 11 is 0. The van der Waals surface area contributed by atoms with Crippen LogP contribution in [0.15, 0.2) is 24.3 Å². The Morgan fingerprint density at radius 2 is 1.78 bits per heavy atom. The fourth-order valence-electron chi connectivity index (χ4n) is 3.51. The molecule has 0 aromatic heterocycles. The van der Waals surface area contributed by atoms with Gasteiger partial charge in [0, 0.05) is 26.2 Å². The molecule has 27 heavy (non-hydrogen) atoms. The number of nitrogens with zero attached hydrogens (tertiary/aromatic N) is 2. The Hall–Kier alpha value is -2.90. The Kier molecular flexibility index (Phi) is 5.73. The molecule has 2 aliphatic heterocycles. The number of aliphatic carboxylic acids is 1. The summed E-state index contributed by atoms with van der Waals surface area (Å²) in [7, 11) is 0. The van der Waals surface area contributed by atoms with E-state index in [1.165, 1.54) is 9.80 Å². The number of hydrogen-bond acceptors (Lipinski definition) is 4. The number of rotatable bonds is 6. The Morgan fingerprint density at radius 1 is 1.11 bits per heavy atom. The zero-order chi connectivity index (χ0) is 19.4. The molecule has 1 atom stereocenters. The predicted molar refractivity (Wildman–Crippen MR) is 96.4 cm³/mol. The number of carboxylic acid groups (broad SMARTS) is 1. The van der Waals surface area contributed by atoms with Crippen LogP contribution in [0.2, 0.25) is 0 Å². The molecule has 1 saturated heterocycles. The van der Waals surface area contributed by atoms with E-state index >= 15 is 0 Å². The number of likely N-dealkylation sites (tertiary alicyclic amines) is 1. The lowest BCUT2D eigenvalue weighted by Crippen LogP contribution is -2.47. The van der Waals surface area contributed by atoms with Crippen LogP contribution in [-0.2, 0) is 4.79 Å². The van der Waals surface area contributed by atoms with E-state index in [1.54, 1.807) is 24.3 Å². The summed E-state index contributed by atoms with van der Waals surface area (Å²) in [5.41, 5.74) is 0.878. The molecule has 3 rings (SSSR count). The van der Waals surface area contributed by atoms with Gasteiger partial charge in [-0.2, -0.15) is 0 Å². The van der Waals surface area contributed by atoms with Crippen LogP contribution in [0.5, 0.6) is 0 Å². The van der Waals surface area contributed by atoms with Crippen molar-refractivity contribution < 1.29 is 24.3 Å². The van der Waals surface area contributed by atoms with Gasteiger partial charge in [-0.3, -0.25) is 19.3 Å². The summed E-state index contributed by atoms with van der Waals surface area (Å²) < 4.78 is 0. The van der Waals surface area contributed by atoms with Gasteiger partial charge in [0.25, 0.3) is 11.8 Å². The van der Waals surface area contributed by atoms with E-state index in [4.69, 9.17) is 5.11 Å². The summed E-state index contributed by atoms with van der Waals surface area (Å²) in [6.45, 7) is 1.52. The van der Waals surface area contributed by atoms with Gasteiger partial charge >= 0.3 is 12.0 Å². The molecule has 4 amide bonds. The lowest BCUT2D eigenvalue weighted by atomic mass is 9.99. The molecule has 0 bridgehead atoms. The van der Waals surface area contributed by atoms with Crippen LogP contribution in [0.3, 0.4) is 0 Å². The van der Waals surface area contributed by atoms with Crippen molar-refractivity contribution in [2.45, 2.75) is 25.7 Å². The van der Waals surface area contributed by atoms with Gasteiger partial charge in [0.2, 0.25) is 0 Å². The molecule has 0 spiro atoms. The molecule has 1 unspecified atom stereocenters. The minimum atomic E-state index is -0.867. The molecular weight excluding hydrogens is 350 g/mol. The van der Waals surface area contributed by atoms with Crippen molar-refractivity contribution in [2.24, 2.45) is 5.92 Å². The Balaban J connectivity index is 1.39. The molecule has 2 heterocycles. The van der Waals surface area contributed by atoms with E-state index in [0.717, 1.165) is 0 Å². The normalized spacial score (nSPS) is 19.2. The third kappa shape index (κ3) is 4.10. The van der Waals surface area contributed by atoms with Gasteiger partial charge in [-0.15, -0.1) is 0 Å². The van der Waals surface area contributed by atoms with Gasteiger partial charge in [-0.25, -0.2) is 4.79 Å². The van der Waals surface area contributed by atoms with Gasteiger partial charge in [-0.1, -0.05) is 12.1 Å². The van der Waals surface area contributed by atoms with E-state index in [0.29, 0.717) is 56.4 Å². The SMILES string of the molecule is O=C(O)C1CCCN(C(=O)NCCCCN2C(=O)c3ccccc3C2=O)C1. The van der Waals surface area contributed by atoms with Crippen LogP contribution in [0, 0.1) is 5.92 Å². The zero-order valence-corrected chi connectivity index (χ0v) is 15.0. The predicted octanol–water partition coefficient (Wildman–Crippen LogP) is 1.57. The first-order valence-electron chi connectivity index (χ1n) is 9.20. The number of hydrogen-bond donors (Lipinski definition) is 2. The first kappa shape index (κ1) is 18.9. The number of piperidine rings is 1. The molecule has 8 nitrogen and oxygen atoms in total. The van der Waals surface area contributed by atoms with Gasteiger partial charge in [-0.05, 0) is 37.8 Å². The van der Waals surface area contributed by atoms with Crippen molar-refractivity contribution in [1.82, 2.24) is 15.1 Å². The van der Waals surface area contributed by atoms with Crippen LogP contribution in [0.1, 0.15) is 46.4 Å². The summed E-state index contributed by atoms with van der Waals surface area (Å²) in [5, 5.41) is 11.9. The highest BCUT2D eigenvalue weighted by molar-refractivity contribution is 6.21. The average molecular weight is 373 g/mol. The number of unbranched alkanes of at least 4 members (excludes halogenated alkanes) is 1. The topological polar surface area (TPSA) is 107 Å².